The topological polar surface area (TPSA) is 43.4 Å². The van der Waals surface area contributed by atoms with E-state index in [9.17, 15) is 0 Å². The minimum absolute atomic E-state index is 0.381. The van der Waals surface area contributed by atoms with Crippen molar-refractivity contribution in [3.63, 3.8) is 0 Å². The Morgan fingerprint density at radius 1 is 1.08 bits per heavy atom. The van der Waals surface area contributed by atoms with Crippen LogP contribution in [0.25, 0.3) is 0 Å². The van der Waals surface area contributed by atoms with Crippen LogP contribution in [0.3, 0.4) is 0 Å². The molecule has 0 radical (unpaired) electrons. The molecule has 1 aliphatic rings. The van der Waals surface area contributed by atoms with E-state index in [-0.39, 0.29) is 11.2 Å². The first-order chi connectivity index (χ1) is 11.3. The molecule has 0 saturated carbocycles. The highest BCUT2D eigenvalue weighted by molar-refractivity contribution is 6.62. The van der Waals surface area contributed by atoms with Crippen molar-refractivity contribution in [2.45, 2.75) is 45.4 Å². The van der Waals surface area contributed by atoms with Crippen LogP contribution in [0.15, 0.2) is 42.6 Å². The average Bonchev–Trinajstić information content (AvgIpc) is 2.75. The molecular formula is C18H22BClN2O2. The van der Waals surface area contributed by atoms with E-state index in [1.54, 1.807) is 6.20 Å². The second-order valence-electron chi connectivity index (χ2n) is 7.03. The smallest absolute Gasteiger partial charge is 0.399 e. The average molecular weight is 345 g/mol. The van der Waals surface area contributed by atoms with E-state index >= 15 is 0 Å². The molecule has 0 bridgehead atoms. The van der Waals surface area contributed by atoms with Gasteiger partial charge in [0.1, 0.15) is 5.82 Å². The molecule has 126 valence electrons. The minimum atomic E-state index is -0.455. The Balaban J connectivity index is 1.71. The van der Waals surface area contributed by atoms with Crippen molar-refractivity contribution in [2.24, 2.45) is 0 Å². The van der Waals surface area contributed by atoms with Gasteiger partial charge in [0.05, 0.1) is 16.2 Å². The number of aromatic nitrogens is 1. The minimum Gasteiger partial charge on any atom is -0.399 e. The van der Waals surface area contributed by atoms with Crippen LogP contribution in [-0.4, -0.2) is 23.3 Å². The van der Waals surface area contributed by atoms with Crippen molar-refractivity contribution < 1.29 is 9.31 Å². The van der Waals surface area contributed by atoms with Crippen molar-refractivity contribution >= 4 is 30.0 Å². The van der Waals surface area contributed by atoms with Gasteiger partial charge in [-0.05, 0) is 39.3 Å². The van der Waals surface area contributed by atoms with Gasteiger partial charge >= 0.3 is 7.12 Å². The normalized spacial score (nSPS) is 18.6. The van der Waals surface area contributed by atoms with E-state index in [2.05, 4.69) is 22.4 Å². The largest absolute Gasteiger partial charge is 0.496 e. The van der Waals surface area contributed by atoms with Crippen molar-refractivity contribution in [1.82, 2.24) is 4.98 Å². The summed E-state index contributed by atoms with van der Waals surface area (Å²) in [6, 6.07) is 12.0. The highest BCUT2D eigenvalue weighted by atomic mass is 35.5. The fourth-order valence-electron chi connectivity index (χ4n) is 2.47. The number of nitrogens with zero attached hydrogens (tertiary/aromatic N) is 1. The van der Waals surface area contributed by atoms with Gasteiger partial charge in [-0.15, -0.1) is 0 Å². The number of hydrogen-bond donors (Lipinski definition) is 1. The molecule has 1 aromatic carbocycles. The van der Waals surface area contributed by atoms with Crippen molar-refractivity contribution in [3.8, 4) is 0 Å². The van der Waals surface area contributed by atoms with Crippen LogP contribution in [-0.2, 0) is 15.9 Å². The first-order valence-electron chi connectivity index (χ1n) is 8.07. The van der Waals surface area contributed by atoms with Gasteiger partial charge in [-0.25, -0.2) is 4.98 Å². The van der Waals surface area contributed by atoms with E-state index in [0.29, 0.717) is 17.4 Å². The lowest BCUT2D eigenvalue weighted by Gasteiger charge is -2.32. The maximum Gasteiger partial charge on any atom is 0.496 e. The molecule has 2 aromatic rings. The molecule has 0 amide bonds. The summed E-state index contributed by atoms with van der Waals surface area (Å²) in [4.78, 5) is 4.43. The van der Waals surface area contributed by atoms with Gasteiger partial charge in [0.25, 0.3) is 0 Å². The Morgan fingerprint density at radius 3 is 2.29 bits per heavy atom. The molecule has 1 aromatic heterocycles. The van der Waals surface area contributed by atoms with E-state index < -0.39 is 7.12 Å². The molecule has 4 nitrogen and oxygen atoms in total. The summed E-state index contributed by atoms with van der Waals surface area (Å²) in [5.41, 5.74) is 1.23. The Labute approximate surface area is 148 Å². The highest BCUT2D eigenvalue weighted by Crippen LogP contribution is 2.36. The van der Waals surface area contributed by atoms with Crippen LogP contribution in [0.5, 0.6) is 0 Å². The fourth-order valence-corrected chi connectivity index (χ4v) is 2.71. The molecule has 1 fully saturated rings. The quantitative estimate of drug-likeness (QED) is 0.860. The van der Waals surface area contributed by atoms with E-state index in [1.807, 2.05) is 52.0 Å². The highest BCUT2D eigenvalue weighted by Gasteiger charge is 2.51. The molecule has 6 heteroatoms. The van der Waals surface area contributed by atoms with Gasteiger partial charge in [-0.1, -0.05) is 41.9 Å². The number of nitrogens with one attached hydrogen (secondary N) is 1. The van der Waals surface area contributed by atoms with E-state index in [4.69, 9.17) is 20.9 Å². The number of hydrogen-bond acceptors (Lipinski definition) is 4. The van der Waals surface area contributed by atoms with E-state index in [1.165, 1.54) is 5.56 Å². The zero-order valence-corrected chi connectivity index (χ0v) is 15.2. The lowest BCUT2D eigenvalue weighted by Crippen LogP contribution is -2.41. The third-order valence-electron chi connectivity index (χ3n) is 4.69. The van der Waals surface area contributed by atoms with Gasteiger partial charge in [-0.3, -0.25) is 0 Å². The van der Waals surface area contributed by atoms with Crippen LogP contribution in [0.4, 0.5) is 5.82 Å². The first kappa shape index (κ1) is 17.3. The van der Waals surface area contributed by atoms with Crippen molar-refractivity contribution in [1.29, 1.82) is 0 Å². The molecular weight excluding hydrogens is 322 g/mol. The second kappa shape index (κ2) is 6.39. The Morgan fingerprint density at radius 2 is 1.71 bits per heavy atom. The van der Waals surface area contributed by atoms with Crippen LogP contribution >= 0.6 is 11.6 Å². The molecule has 0 spiro atoms. The summed E-state index contributed by atoms with van der Waals surface area (Å²) in [7, 11) is -0.455. The van der Waals surface area contributed by atoms with Gasteiger partial charge in [0.15, 0.2) is 0 Å². The van der Waals surface area contributed by atoms with Gasteiger partial charge < -0.3 is 14.6 Å². The number of halogens is 1. The standard InChI is InChI=1S/C18H22BClN2O2/c1-17(2)18(3,4)24-19(23-17)14-10-15(20)16(22-12-14)21-11-13-8-6-5-7-9-13/h5-10,12H,11H2,1-4H3,(H,21,22). The van der Waals surface area contributed by atoms with Crippen LogP contribution in [0.2, 0.25) is 5.02 Å². The Bertz CT molecular complexity index is 706. The molecule has 0 atom stereocenters. The summed E-state index contributed by atoms with van der Waals surface area (Å²) in [5, 5.41) is 3.81. The molecule has 0 aliphatic carbocycles. The second-order valence-corrected chi connectivity index (χ2v) is 7.43. The number of pyridine rings is 1. The van der Waals surface area contributed by atoms with E-state index in [0.717, 1.165) is 5.46 Å². The summed E-state index contributed by atoms with van der Waals surface area (Å²) in [5.74, 6) is 0.654. The predicted octanol–water partition coefficient (Wildman–Crippen LogP) is 3.65. The molecule has 3 rings (SSSR count). The van der Waals surface area contributed by atoms with Crippen LogP contribution in [0, 0.1) is 0 Å². The lowest BCUT2D eigenvalue weighted by atomic mass is 9.80. The maximum absolute atomic E-state index is 6.38. The Hall–Kier alpha value is -1.56. The zero-order chi connectivity index (χ0) is 17.4. The van der Waals surface area contributed by atoms with Crippen molar-refractivity contribution in [2.75, 3.05) is 5.32 Å². The maximum atomic E-state index is 6.38. The number of benzene rings is 1. The Kier molecular flexibility index (Phi) is 4.60. The third kappa shape index (κ3) is 3.43. The van der Waals surface area contributed by atoms with Crippen LogP contribution in [0.1, 0.15) is 33.3 Å². The van der Waals surface area contributed by atoms with Gasteiger partial charge in [0, 0.05) is 18.2 Å². The fraction of sp³-hybridized carbons (Fsp3) is 0.389. The van der Waals surface area contributed by atoms with Crippen LogP contribution < -0.4 is 10.8 Å². The molecule has 0 unspecified atom stereocenters. The number of rotatable bonds is 4. The molecule has 2 heterocycles. The summed E-state index contributed by atoms with van der Waals surface area (Å²) >= 11 is 6.38. The van der Waals surface area contributed by atoms with Gasteiger partial charge in [-0.2, -0.15) is 0 Å². The van der Waals surface area contributed by atoms with Gasteiger partial charge in [0.2, 0.25) is 0 Å². The lowest BCUT2D eigenvalue weighted by molar-refractivity contribution is 0.00578. The first-order valence-corrected chi connectivity index (χ1v) is 8.45. The summed E-state index contributed by atoms with van der Waals surface area (Å²) < 4.78 is 12.1. The molecule has 24 heavy (non-hydrogen) atoms. The monoisotopic (exact) mass is 344 g/mol. The third-order valence-corrected chi connectivity index (χ3v) is 4.98. The summed E-state index contributed by atoms with van der Waals surface area (Å²) in [6.45, 7) is 8.77. The molecule has 1 N–H and O–H groups in total. The molecule has 1 aliphatic heterocycles. The van der Waals surface area contributed by atoms with Crippen molar-refractivity contribution in [3.05, 3.63) is 53.2 Å². The zero-order valence-electron chi connectivity index (χ0n) is 14.5. The molecule has 1 saturated heterocycles. The summed E-state index contributed by atoms with van der Waals surface area (Å²) in [6.07, 6.45) is 1.75. The predicted molar refractivity (Wildman–Crippen MR) is 98.7 cm³/mol. The number of anilines is 1. The SMILES string of the molecule is CC1(C)OB(c2cnc(NCc3ccccc3)c(Cl)c2)OC1(C)C.